The Labute approximate surface area is 85.9 Å². The topological polar surface area (TPSA) is 41.3 Å². The molecule has 0 aliphatic carbocycles. The van der Waals surface area contributed by atoms with Crippen molar-refractivity contribution < 1.29 is 0 Å². The van der Waals surface area contributed by atoms with Crippen LogP contribution in [0.2, 0.25) is 0 Å². The minimum atomic E-state index is 0.704. The molecular weight excluding hydrogens is 174 g/mol. The van der Waals surface area contributed by atoms with Gasteiger partial charge in [-0.1, -0.05) is 31.2 Å². The summed E-state index contributed by atoms with van der Waals surface area (Å²) >= 11 is 0. The first-order valence-corrected chi connectivity index (χ1v) is 4.96. The highest BCUT2D eigenvalue weighted by molar-refractivity contribution is 5.22. The van der Waals surface area contributed by atoms with Gasteiger partial charge >= 0.3 is 0 Å². The van der Waals surface area contributed by atoms with Crippen molar-refractivity contribution in [3.05, 3.63) is 35.4 Å². The number of aryl methyl sites for hydroxylation is 1. The molecule has 1 aromatic carbocycles. The molecule has 0 fully saturated rings. The Morgan fingerprint density at radius 3 is 2.29 bits per heavy atom. The molecule has 0 heterocycles. The van der Waals surface area contributed by atoms with Crippen LogP contribution in [0.3, 0.4) is 0 Å². The van der Waals surface area contributed by atoms with Crippen LogP contribution in [-0.2, 0) is 13.0 Å². The normalized spacial score (nSPS) is 10.9. The largest absolute Gasteiger partial charge is 0.288 e. The van der Waals surface area contributed by atoms with E-state index in [1.165, 1.54) is 11.1 Å². The average Bonchev–Trinajstić information content (AvgIpc) is 2.19. The molecule has 0 spiro atoms. The standard InChI is InChI=1S/C11H19N3/c1-3-10-4-6-11(7-5-10)8-14(2)9-13-12/h4-7,13H,3,8-9,12H2,1-2H3. The van der Waals surface area contributed by atoms with Crippen molar-refractivity contribution in [3.8, 4) is 0 Å². The Hall–Kier alpha value is -0.900. The number of nitrogens with two attached hydrogens (primary N) is 1. The van der Waals surface area contributed by atoms with E-state index in [-0.39, 0.29) is 0 Å². The lowest BCUT2D eigenvalue weighted by Crippen LogP contribution is -2.34. The average molecular weight is 193 g/mol. The Morgan fingerprint density at radius 2 is 1.79 bits per heavy atom. The fraction of sp³-hybridized carbons (Fsp3) is 0.455. The van der Waals surface area contributed by atoms with Gasteiger partial charge in [0.1, 0.15) is 0 Å². The van der Waals surface area contributed by atoms with Gasteiger partial charge in [0.25, 0.3) is 0 Å². The lowest BCUT2D eigenvalue weighted by Gasteiger charge is -2.15. The van der Waals surface area contributed by atoms with Gasteiger partial charge in [-0.05, 0) is 24.6 Å². The lowest BCUT2D eigenvalue weighted by molar-refractivity contribution is 0.301. The molecule has 3 nitrogen and oxygen atoms in total. The molecule has 14 heavy (non-hydrogen) atoms. The third kappa shape index (κ3) is 3.46. The second-order valence-corrected chi connectivity index (χ2v) is 3.55. The maximum atomic E-state index is 5.24. The van der Waals surface area contributed by atoms with Gasteiger partial charge in [0.15, 0.2) is 0 Å². The van der Waals surface area contributed by atoms with Gasteiger partial charge in [-0.15, -0.1) is 0 Å². The van der Waals surface area contributed by atoms with Crippen molar-refractivity contribution >= 4 is 0 Å². The third-order valence-corrected chi connectivity index (χ3v) is 2.24. The summed E-state index contributed by atoms with van der Waals surface area (Å²) in [7, 11) is 2.04. The highest BCUT2D eigenvalue weighted by Crippen LogP contribution is 2.06. The molecule has 0 aliphatic heterocycles. The van der Waals surface area contributed by atoms with Gasteiger partial charge in [-0.2, -0.15) is 0 Å². The Kier molecular flexibility index (Phi) is 4.59. The Balaban J connectivity index is 2.50. The fourth-order valence-corrected chi connectivity index (χ4v) is 1.40. The van der Waals surface area contributed by atoms with E-state index in [0.717, 1.165) is 13.0 Å². The van der Waals surface area contributed by atoms with Gasteiger partial charge in [0.2, 0.25) is 0 Å². The van der Waals surface area contributed by atoms with E-state index in [9.17, 15) is 0 Å². The highest BCUT2D eigenvalue weighted by atomic mass is 15.3. The van der Waals surface area contributed by atoms with E-state index >= 15 is 0 Å². The van der Waals surface area contributed by atoms with E-state index in [1.807, 2.05) is 7.05 Å². The molecular formula is C11H19N3. The van der Waals surface area contributed by atoms with Crippen molar-refractivity contribution in [2.24, 2.45) is 5.84 Å². The molecule has 0 amide bonds. The summed E-state index contributed by atoms with van der Waals surface area (Å²) in [5.41, 5.74) is 5.34. The Morgan fingerprint density at radius 1 is 1.21 bits per heavy atom. The van der Waals surface area contributed by atoms with Crippen LogP contribution < -0.4 is 11.3 Å². The van der Waals surface area contributed by atoms with Crippen molar-refractivity contribution in [3.63, 3.8) is 0 Å². The number of hydrogen-bond donors (Lipinski definition) is 2. The first kappa shape index (κ1) is 11.2. The van der Waals surface area contributed by atoms with E-state index in [2.05, 4.69) is 41.5 Å². The number of nitrogens with zero attached hydrogens (tertiary/aromatic N) is 1. The van der Waals surface area contributed by atoms with Gasteiger partial charge in [-0.25, -0.2) is 5.43 Å². The van der Waals surface area contributed by atoms with E-state index in [1.54, 1.807) is 0 Å². The predicted octanol–water partition coefficient (Wildman–Crippen LogP) is 1.10. The van der Waals surface area contributed by atoms with Crippen LogP contribution in [0.25, 0.3) is 0 Å². The molecule has 3 heteroatoms. The zero-order valence-corrected chi connectivity index (χ0v) is 8.96. The minimum absolute atomic E-state index is 0.704. The molecule has 0 radical (unpaired) electrons. The van der Waals surface area contributed by atoms with Crippen LogP contribution in [-0.4, -0.2) is 18.6 Å². The van der Waals surface area contributed by atoms with Crippen LogP contribution in [0, 0.1) is 0 Å². The highest BCUT2D eigenvalue weighted by Gasteiger charge is 1.98. The Bertz CT molecular complexity index is 256. The van der Waals surface area contributed by atoms with Gasteiger partial charge in [-0.3, -0.25) is 10.7 Å². The summed E-state index contributed by atoms with van der Waals surface area (Å²) < 4.78 is 0. The van der Waals surface area contributed by atoms with E-state index in [4.69, 9.17) is 5.84 Å². The maximum absolute atomic E-state index is 5.24. The molecule has 0 atom stereocenters. The smallest absolute Gasteiger partial charge is 0.0612 e. The SMILES string of the molecule is CCc1ccc(CN(C)CNN)cc1. The van der Waals surface area contributed by atoms with Crippen molar-refractivity contribution in [2.75, 3.05) is 13.7 Å². The van der Waals surface area contributed by atoms with Crippen molar-refractivity contribution in [1.82, 2.24) is 10.3 Å². The number of hydrazine groups is 1. The van der Waals surface area contributed by atoms with Crippen LogP contribution in [0.15, 0.2) is 24.3 Å². The number of nitrogens with one attached hydrogen (secondary N) is 1. The zero-order valence-electron chi connectivity index (χ0n) is 8.96. The minimum Gasteiger partial charge on any atom is -0.288 e. The summed E-state index contributed by atoms with van der Waals surface area (Å²) in [6.45, 7) is 3.79. The molecule has 3 N–H and O–H groups in total. The molecule has 0 bridgehead atoms. The second kappa shape index (κ2) is 5.75. The molecule has 0 saturated heterocycles. The fourth-order valence-electron chi connectivity index (χ4n) is 1.40. The quantitative estimate of drug-likeness (QED) is 0.418. The van der Waals surface area contributed by atoms with E-state index in [0.29, 0.717) is 6.67 Å². The summed E-state index contributed by atoms with van der Waals surface area (Å²) in [6, 6.07) is 8.70. The predicted molar refractivity (Wildman–Crippen MR) is 59.5 cm³/mol. The summed E-state index contributed by atoms with van der Waals surface area (Å²) in [5, 5.41) is 0. The molecule has 0 unspecified atom stereocenters. The molecule has 0 aromatic heterocycles. The van der Waals surface area contributed by atoms with Crippen LogP contribution in [0.1, 0.15) is 18.1 Å². The molecule has 78 valence electrons. The zero-order chi connectivity index (χ0) is 10.4. The third-order valence-electron chi connectivity index (χ3n) is 2.24. The number of rotatable bonds is 5. The first-order chi connectivity index (χ1) is 6.76. The number of benzene rings is 1. The summed E-state index contributed by atoms with van der Waals surface area (Å²) in [6.07, 6.45) is 1.10. The second-order valence-electron chi connectivity index (χ2n) is 3.55. The number of hydrogen-bond acceptors (Lipinski definition) is 3. The monoisotopic (exact) mass is 193 g/mol. The van der Waals surface area contributed by atoms with Crippen LogP contribution >= 0.6 is 0 Å². The summed E-state index contributed by atoms with van der Waals surface area (Å²) in [5.74, 6) is 5.24. The molecule has 1 aromatic rings. The molecule has 0 saturated carbocycles. The van der Waals surface area contributed by atoms with Gasteiger partial charge in [0.05, 0.1) is 6.67 Å². The first-order valence-electron chi connectivity index (χ1n) is 4.96. The summed E-state index contributed by atoms with van der Waals surface area (Å²) in [4.78, 5) is 2.13. The van der Waals surface area contributed by atoms with Crippen LogP contribution in [0.5, 0.6) is 0 Å². The van der Waals surface area contributed by atoms with Gasteiger partial charge < -0.3 is 0 Å². The molecule has 0 aliphatic rings. The maximum Gasteiger partial charge on any atom is 0.0612 e. The van der Waals surface area contributed by atoms with Crippen LogP contribution in [0.4, 0.5) is 0 Å². The van der Waals surface area contributed by atoms with E-state index < -0.39 is 0 Å². The van der Waals surface area contributed by atoms with Crippen molar-refractivity contribution in [2.45, 2.75) is 19.9 Å². The van der Waals surface area contributed by atoms with Gasteiger partial charge in [0, 0.05) is 6.54 Å². The molecule has 1 rings (SSSR count). The lowest BCUT2D eigenvalue weighted by atomic mass is 10.1. The van der Waals surface area contributed by atoms with Crippen molar-refractivity contribution in [1.29, 1.82) is 0 Å².